The number of hydrogen-bond donors (Lipinski definition) is 2. The number of nitrogens with zero attached hydrogens (tertiary/aromatic N) is 1. The maximum Gasteiger partial charge on any atom is 0.339 e. The predicted molar refractivity (Wildman–Crippen MR) is 74.8 cm³/mol. The van der Waals surface area contributed by atoms with Gasteiger partial charge in [-0.3, -0.25) is 0 Å². The van der Waals surface area contributed by atoms with Gasteiger partial charge in [0.1, 0.15) is 17.1 Å². The molecule has 2 rings (SSSR count). The number of aromatic carboxylic acids is 1. The summed E-state index contributed by atoms with van der Waals surface area (Å²) < 4.78 is 6.25. The van der Waals surface area contributed by atoms with Crippen molar-refractivity contribution in [1.82, 2.24) is 4.98 Å². The number of nitrogen functional groups attached to an aromatic ring is 1. The van der Waals surface area contributed by atoms with Gasteiger partial charge in [-0.2, -0.15) is 0 Å². The van der Waals surface area contributed by atoms with E-state index in [1.807, 2.05) is 0 Å². The lowest BCUT2D eigenvalue weighted by atomic mass is 10.2. The van der Waals surface area contributed by atoms with Crippen LogP contribution in [0.3, 0.4) is 0 Å². The number of ether oxygens (including phenoxy) is 1. The minimum atomic E-state index is -1.16. The SMILES string of the molecule is Nc1cc(C(=O)O)c(Oc2ccc(Br)cc2Cl)cn1. The summed E-state index contributed by atoms with van der Waals surface area (Å²) in [5.41, 5.74) is 5.37. The van der Waals surface area contributed by atoms with Crippen LogP contribution < -0.4 is 10.5 Å². The van der Waals surface area contributed by atoms with E-state index in [1.54, 1.807) is 18.2 Å². The molecule has 0 saturated heterocycles. The average molecular weight is 344 g/mol. The van der Waals surface area contributed by atoms with Crippen molar-refractivity contribution in [3.8, 4) is 11.5 Å². The summed E-state index contributed by atoms with van der Waals surface area (Å²) in [6.07, 6.45) is 1.25. The normalized spacial score (nSPS) is 10.2. The van der Waals surface area contributed by atoms with Crippen LogP contribution in [-0.2, 0) is 0 Å². The molecule has 3 N–H and O–H groups in total. The van der Waals surface area contributed by atoms with Crippen molar-refractivity contribution in [2.45, 2.75) is 0 Å². The first-order chi connectivity index (χ1) is 8.97. The van der Waals surface area contributed by atoms with Crippen LogP contribution in [0.25, 0.3) is 0 Å². The maximum absolute atomic E-state index is 11.1. The molecule has 5 nitrogen and oxygen atoms in total. The monoisotopic (exact) mass is 342 g/mol. The molecule has 98 valence electrons. The average Bonchev–Trinajstić information content (AvgIpc) is 2.34. The van der Waals surface area contributed by atoms with Crippen molar-refractivity contribution in [2.24, 2.45) is 0 Å². The summed E-state index contributed by atoms with van der Waals surface area (Å²) in [4.78, 5) is 14.9. The van der Waals surface area contributed by atoms with E-state index < -0.39 is 5.97 Å². The van der Waals surface area contributed by atoms with Crippen LogP contribution in [0.1, 0.15) is 10.4 Å². The second kappa shape index (κ2) is 5.46. The third-order valence-electron chi connectivity index (χ3n) is 2.23. The van der Waals surface area contributed by atoms with E-state index in [-0.39, 0.29) is 17.1 Å². The van der Waals surface area contributed by atoms with Crippen LogP contribution >= 0.6 is 27.5 Å². The molecular weight excluding hydrogens is 336 g/mol. The zero-order valence-electron chi connectivity index (χ0n) is 9.43. The lowest BCUT2D eigenvalue weighted by Crippen LogP contribution is -2.03. The van der Waals surface area contributed by atoms with E-state index in [0.29, 0.717) is 10.8 Å². The Labute approximate surface area is 122 Å². The molecule has 0 atom stereocenters. The molecule has 0 fully saturated rings. The van der Waals surface area contributed by atoms with E-state index in [0.717, 1.165) is 4.47 Å². The van der Waals surface area contributed by atoms with Crippen molar-refractivity contribution in [3.63, 3.8) is 0 Å². The third-order valence-corrected chi connectivity index (χ3v) is 3.02. The molecule has 1 aromatic carbocycles. The number of carboxylic acids is 1. The third kappa shape index (κ3) is 3.15. The summed E-state index contributed by atoms with van der Waals surface area (Å²) in [5, 5.41) is 9.43. The quantitative estimate of drug-likeness (QED) is 0.890. The number of halogens is 2. The number of hydrogen-bond acceptors (Lipinski definition) is 4. The predicted octanol–water partition coefficient (Wildman–Crippen LogP) is 3.57. The Morgan fingerprint density at radius 2 is 2.11 bits per heavy atom. The van der Waals surface area contributed by atoms with Gasteiger partial charge in [0.25, 0.3) is 0 Å². The Morgan fingerprint density at radius 1 is 1.37 bits per heavy atom. The number of carboxylic acid groups (broad SMARTS) is 1. The number of benzene rings is 1. The molecule has 0 bridgehead atoms. The van der Waals surface area contributed by atoms with Gasteiger partial charge >= 0.3 is 5.97 Å². The lowest BCUT2D eigenvalue weighted by molar-refractivity contribution is 0.0694. The maximum atomic E-state index is 11.1. The number of anilines is 1. The first kappa shape index (κ1) is 13.6. The summed E-state index contributed by atoms with van der Waals surface area (Å²) >= 11 is 9.26. The van der Waals surface area contributed by atoms with Gasteiger partial charge in [-0.25, -0.2) is 9.78 Å². The molecule has 0 aliphatic heterocycles. The fourth-order valence-corrected chi connectivity index (χ4v) is 2.10. The van der Waals surface area contributed by atoms with Gasteiger partial charge < -0.3 is 15.6 Å². The fraction of sp³-hybridized carbons (Fsp3) is 0. The number of nitrogens with two attached hydrogens (primary N) is 1. The van der Waals surface area contributed by atoms with Crippen LogP contribution in [0.2, 0.25) is 5.02 Å². The first-order valence-electron chi connectivity index (χ1n) is 5.09. The Hall–Kier alpha value is -1.79. The van der Waals surface area contributed by atoms with E-state index in [9.17, 15) is 4.79 Å². The molecule has 0 radical (unpaired) electrons. The van der Waals surface area contributed by atoms with Gasteiger partial charge in [-0.1, -0.05) is 27.5 Å². The lowest BCUT2D eigenvalue weighted by Gasteiger charge is -2.10. The van der Waals surface area contributed by atoms with Crippen LogP contribution in [0.4, 0.5) is 5.82 Å². The van der Waals surface area contributed by atoms with Crippen molar-refractivity contribution >= 4 is 39.3 Å². The molecule has 7 heteroatoms. The van der Waals surface area contributed by atoms with Crippen molar-refractivity contribution < 1.29 is 14.6 Å². The summed E-state index contributed by atoms with van der Waals surface area (Å²) in [7, 11) is 0. The minimum absolute atomic E-state index is 0.0749. The Kier molecular flexibility index (Phi) is 3.92. The fourth-order valence-electron chi connectivity index (χ4n) is 1.38. The van der Waals surface area contributed by atoms with Gasteiger partial charge in [0.05, 0.1) is 11.2 Å². The van der Waals surface area contributed by atoms with E-state index in [4.69, 9.17) is 27.2 Å². The van der Waals surface area contributed by atoms with Gasteiger partial charge in [0, 0.05) is 4.47 Å². The zero-order chi connectivity index (χ0) is 14.0. The molecule has 1 heterocycles. The smallest absolute Gasteiger partial charge is 0.339 e. The van der Waals surface area contributed by atoms with Gasteiger partial charge in [-0.05, 0) is 24.3 Å². The summed E-state index contributed by atoms with van der Waals surface area (Å²) in [6, 6.07) is 6.22. The van der Waals surface area contributed by atoms with Crippen LogP contribution in [0, 0.1) is 0 Å². The highest BCUT2D eigenvalue weighted by Gasteiger charge is 2.14. The molecule has 0 aliphatic carbocycles. The van der Waals surface area contributed by atoms with Gasteiger partial charge in [-0.15, -0.1) is 0 Å². The molecular formula is C12H8BrClN2O3. The second-order valence-corrected chi connectivity index (χ2v) is 4.91. The molecule has 19 heavy (non-hydrogen) atoms. The van der Waals surface area contributed by atoms with Crippen molar-refractivity contribution in [1.29, 1.82) is 0 Å². The summed E-state index contributed by atoms with van der Waals surface area (Å²) in [5.74, 6) is -0.645. The Bertz CT molecular complexity index is 649. The molecule has 2 aromatic rings. The van der Waals surface area contributed by atoms with Crippen LogP contribution in [0.5, 0.6) is 11.5 Å². The van der Waals surface area contributed by atoms with Crippen LogP contribution in [-0.4, -0.2) is 16.1 Å². The highest BCUT2D eigenvalue weighted by Crippen LogP contribution is 2.33. The number of pyridine rings is 1. The van der Waals surface area contributed by atoms with Crippen molar-refractivity contribution in [3.05, 3.63) is 45.5 Å². The Balaban J connectivity index is 2.40. The van der Waals surface area contributed by atoms with Gasteiger partial charge in [0.2, 0.25) is 0 Å². The molecule has 0 amide bonds. The molecule has 0 saturated carbocycles. The second-order valence-electron chi connectivity index (χ2n) is 3.59. The molecule has 0 spiro atoms. The standard InChI is InChI=1S/C12H8BrClN2O3/c13-6-1-2-9(8(14)3-6)19-10-5-16-11(15)4-7(10)12(17)18/h1-5H,(H2,15,16)(H,17,18). The highest BCUT2D eigenvalue weighted by atomic mass is 79.9. The van der Waals surface area contributed by atoms with E-state index in [2.05, 4.69) is 20.9 Å². The van der Waals surface area contributed by atoms with Crippen molar-refractivity contribution in [2.75, 3.05) is 5.73 Å². The summed E-state index contributed by atoms with van der Waals surface area (Å²) in [6.45, 7) is 0. The zero-order valence-corrected chi connectivity index (χ0v) is 11.8. The largest absolute Gasteiger partial charge is 0.478 e. The van der Waals surface area contributed by atoms with E-state index >= 15 is 0 Å². The molecule has 1 aromatic heterocycles. The number of aromatic nitrogens is 1. The highest BCUT2D eigenvalue weighted by molar-refractivity contribution is 9.10. The first-order valence-corrected chi connectivity index (χ1v) is 6.26. The Morgan fingerprint density at radius 3 is 2.74 bits per heavy atom. The van der Waals surface area contributed by atoms with E-state index in [1.165, 1.54) is 12.3 Å². The number of rotatable bonds is 3. The van der Waals surface area contributed by atoms with Gasteiger partial charge in [0.15, 0.2) is 5.75 Å². The topological polar surface area (TPSA) is 85.4 Å². The number of carbonyl (C=O) groups is 1. The molecule has 0 unspecified atom stereocenters. The minimum Gasteiger partial charge on any atom is -0.478 e. The van der Waals surface area contributed by atoms with Crippen LogP contribution in [0.15, 0.2) is 34.9 Å². The molecule has 0 aliphatic rings.